The zero-order valence-electron chi connectivity index (χ0n) is 9.23. The number of carbonyl (C=O) groups is 1. The molecule has 0 spiro atoms. The van der Waals surface area contributed by atoms with Gasteiger partial charge in [0.1, 0.15) is 0 Å². The van der Waals surface area contributed by atoms with E-state index in [2.05, 4.69) is 11.0 Å². The first-order valence-corrected chi connectivity index (χ1v) is 5.51. The van der Waals surface area contributed by atoms with Gasteiger partial charge in [0.15, 0.2) is 0 Å². The van der Waals surface area contributed by atoms with Crippen molar-refractivity contribution >= 4 is 11.6 Å². The first-order chi connectivity index (χ1) is 7.65. The molecule has 1 unspecified atom stereocenters. The Morgan fingerprint density at radius 3 is 3.00 bits per heavy atom. The number of rotatable bonds is 3. The lowest BCUT2D eigenvalue weighted by Gasteiger charge is -2.14. The maximum Gasteiger partial charge on any atom is 0.231 e. The summed E-state index contributed by atoms with van der Waals surface area (Å²) in [5.41, 5.74) is 13.0. The number of benzene rings is 1. The fourth-order valence-electron chi connectivity index (χ4n) is 2.28. The molecule has 0 bridgehead atoms. The van der Waals surface area contributed by atoms with Crippen molar-refractivity contribution in [3.05, 3.63) is 29.8 Å². The van der Waals surface area contributed by atoms with Crippen molar-refractivity contribution in [3.8, 4) is 0 Å². The van der Waals surface area contributed by atoms with E-state index in [9.17, 15) is 4.79 Å². The molecule has 0 aromatic heterocycles. The summed E-state index contributed by atoms with van der Waals surface area (Å²) >= 11 is 0. The highest BCUT2D eigenvalue weighted by Crippen LogP contribution is 2.27. The molecule has 2 rings (SSSR count). The third-order valence-corrected chi connectivity index (χ3v) is 3.03. The Bertz CT molecular complexity index is 392. The SMILES string of the molecule is NC(=O)CN1CCC(c2cccc(N)c2)C1. The Hall–Kier alpha value is -1.55. The van der Waals surface area contributed by atoms with Gasteiger partial charge in [-0.3, -0.25) is 9.69 Å². The van der Waals surface area contributed by atoms with Crippen molar-refractivity contribution < 1.29 is 4.79 Å². The van der Waals surface area contributed by atoms with E-state index in [1.54, 1.807) is 0 Å². The summed E-state index contributed by atoms with van der Waals surface area (Å²) in [6.45, 7) is 2.19. The standard InChI is InChI=1S/C12H17N3O/c13-11-3-1-2-9(6-11)10-4-5-15(7-10)8-12(14)16/h1-3,6,10H,4-5,7-8,13H2,(H2,14,16). The molecular weight excluding hydrogens is 202 g/mol. The molecule has 1 saturated heterocycles. The van der Waals surface area contributed by atoms with Crippen LogP contribution in [0.4, 0.5) is 5.69 Å². The zero-order chi connectivity index (χ0) is 11.5. The van der Waals surface area contributed by atoms with Crippen LogP contribution >= 0.6 is 0 Å². The van der Waals surface area contributed by atoms with Crippen molar-refractivity contribution in [3.63, 3.8) is 0 Å². The molecule has 1 aromatic rings. The van der Waals surface area contributed by atoms with Crippen molar-refractivity contribution in [1.29, 1.82) is 0 Å². The Balaban J connectivity index is 2.00. The number of amides is 1. The number of primary amides is 1. The molecule has 1 heterocycles. The Kier molecular flexibility index (Phi) is 3.10. The van der Waals surface area contributed by atoms with Crippen LogP contribution in [0.15, 0.2) is 24.3 Å². The van der Waals surface area contributed by atoms with Crippen molar-refractivity contribution in [2.24, 2.45) is 5.73 Å². The summed E-state index contributed by atoms with van der Waals surface area (Å²) in [5.74, 6) is 0.219. The Labute approximate surface area is 95.2 Å². The molecule has 4 nitrogen and oxygen atoms in total. The van der Waals surface area contributed by atoms with Gasteiger partial charge in [-0.1, -0.05) is 12.1 Å². The van der Waals surface area contributed by atoms with Gasteiger partial charge in [-0.15, -0.1) is 0 Å². The van der Waals surface area contributed by atoms with Gasteiger partial charge >= 0.3 is 0 Å². The fourth-order valence-corrected chi connectivity index (χ4v) is 2.28. The molecule has 1 fully saturated rings. The molecule has 4 N–H and O–H groups in total. The molecule has 1 aromatic carbocycles. The second kappa shape index (κ2) is 4.53. The molecule has 1 aliphatic heterocycles. The Morgan fingerprint density at radius 2 is 2.31 bits per heavy atom. The summed E-state index contributed by atoms with van der Waals surface area (Å²) < 4.78 is 0. The monoisotopic (exact) mass is 219 g/mol. The third kappa shape index (κ3) is 2.52. The largest absolute Gasteiger partial charge is 0.399 e. The summed E-state index contributed by atoms with van der Waals surface area (Å²) in [7, 11) is 0. The quantitative estimate of drug-likeness (QED) is 0.729. The van der Waals surface area contributed by atoms with Crippen LogP contribution in [-0.4, -0.2) is 30.4 Å². The summed E-state index contributed by atoms with van der Waals surface area (Å²) in [4.78, 5) is 12.9. The van der Waals surface area contributed by atoms with Gasteiger partial charge in [0.25, 0.3) is 0 Å². The lowest BCUT2D eigenvalue weighted by Crippen LogP contribution is -2.31. The van der Waals surface area contributed by atoms with Crippen LogP contribution < -0.4 is 11.5 Å². The van der Waals surface area contributed by atoms with Crippen LogP contribution in [0.5, 0.6) is 0 Å². The smallest absolute Gasteiger partial charge is 0.231 e. The number of nitrogens with two attached hydrogens (primary N) is 2. The number of nitrogens with zero attached hydrogens (tertiary/aromatic N) is 1. The molecule has 4 heteroatoms. The predicted molar refractivity (Wildman–Crippen MR) is 63.8 cm³/mol. The number of likely N-dealkylation sites (tertiary alicyclic amines) is 1. The molecule has 16 heavy (non-hydrogen) atoms. The van der Waals surface area contributed by atoms with E-state index in [4.69, 9.17) is 11.5 Å². The van der Waals surface area contributed by atoms with E-state index < -0.39 is 0 Å². The number of carbonyl (C=O) groups excluding carboxylic acids is 1. The normalized spacial score (nSPS) is 21.1. The topological polar surface area (TPSA) is 72.4 Å². The van der Waals surface area contributed by atoms with E-state index in [0.29, 0.717) is 12.5 Å². The minimum atomic E-state index is -0.256. The molecule has 1 aliphatic rings. The average molecular weight is 219 g/mol. The van der Waals surface area contributed by atoms with Crippen LogP contribution in [-0.2, 0) is 4.79 Å². The van der Waals surface area contributed by atoms with Crippen molar-refractivity contribution in [2.75, 3.05) is 25.4 Å². The maximum absolute atomic E-state index is 10.8. The van der Waals surface area contributed by atoms with Crippen LogP contribution in [0, 0.1) is 0 Å². The fraction of sp³-hybridized carbons (Fsp3) is 0.417. The minimum Gasteiger partial charge on any atom is -0.399 e. The molecule has 0 aliphatic carbocycles. The average Bonchev–Trinajstić information content (AvgIpc) is 2.65. The third-order valence-electron chi connectivity index (χ3n) is 3.03. The minimum absolute atomic E-state index is 0.256. The lowest BCUT2D eigenvalue weighted by atomic mass is 9.98. The highest BCUT2D eigenvalue weighted by molar-refractivity contribution is 5.75. The predicted octanol–water partition coefficient (Wildman–Crippen LogP) is 0.543. The molecule has 0 saturated carbocycles. The number of nitrogen functional groups attached to an aromatic ring is 1. The highest BCUT2D eigenvalue weighted by Gasteiger charge is 2.24. The van der Waals surface area contributed by atoms with E-state index >= 15 is 0 Å². The van der Waals surface area contributed by atoms with Crippen molar-refractivity contribution in [1.82, 2.24) is 4.90 Å². The van der Waals surface area contributed by atoms with Gasteiger partial charge in [0.2, 0.25) is 5.91 Å². The summed E-state index contributed by atoms with van der Waals surface area (Å²) in [5, 5.41) is 0. The second-order valence-electron chi connectivity index (χ2n) is 4.36. The van der Waals surface area contributed by atoms with E-state index in [-0.39, 0.29) is 5.91 Å². The van der Waals surface area contributed by atoms with Gasteiger partial charge < -0.3 is 11.5 Å². The number of hydrogen-bond donors (Lipinski definition) is 2. The first-order valence-electron chi connectivity index (χ1n) is 5.51. The molecular formula is C12H17N3O. The maximum atomic E-state index is 10.8. The van der Waals surface area contributed by atoms with Crippen LogP contribution in [0.3, 0.4) is 0 Å². The van der Waals surface area contributed by atoms with E-state index in [1.807, 2.05) is 18.2 Å². The molecule has 1 amide bonds. The van der Waals surface area contributed by atoms with Gasteiger partial charge in [-0.2, -0.15) is 0 Å². The summed E-state index contributed by atoms with van der Waals surface area (Å²) in [6.07, 6.45) is 1.07. The molecule has 0 radical (unpaired) electrons. The van der Waals surface area contributed by atoms with Crippen LogP contribution in [0.2, 0.25) is 0 Å². The van der Waals surface area contributed by atoms with Gasteiger partial charge in [0, 0.05) is 12.2 Å². The molecule has 1 atom stereocenters. The van der Waals surface area contributed by atoms with E-state index in [0.717, 1.165) is 25.2 Å². The van der Waals surface area contributed by atoms with Gasteiger partial charge in [0.05, 0.1) is 6.54 Å². The first kappa shape index (κ1) is 11.0. The zero-order valence-corrected chi connectivity index (χ0v) is 9.23. The van der Waals surface area contributed by atoms with Gasteiger partial charge in [-0.25, -0.2) is 0 Å². The van der Waals surface area contributed by atoms with Crippen LogP contribution in [0.1, 0.15) is 17.9 Å². The number of hydrogen-bond acceptors (Lipinski definition) is 3. The van der Waals surface area contributed by atoms with E-state index in [1.165, 1.54) is 5.56 Å². The summed E-state index contributed by atoms with van der Waals surface area (Å²) in [6, 6.07) is 7.97. The Morgan fingerprint density at radius 1 is 1.50 bits per heavy atom. The second-order valence-corrected chi connectivity index (χ2v) is 4.36. The highest BCUT2D eigenvalue weighted by atomic mass is 16.1. The van der Waals surface area contributed by atoms with Gasteiger partial charge in [-0.05, 0) is 36.6 Å². The molecule has 86 valence electrons. The number of anilines is 1. The van der Waals surface area contributed by atoms with Crippen molar-refractivity contribution in [2.45, 2.75) is 12.3 Å². The van der Waals surface area contributed by atoms with Crippen LogP contribution in [0.25, 0.3) is 0 Å². The lowest BCUT2D eigenvalue weighted by molar-refractivity contribution is -0.118.